The first-order valence-corrected chi connectivity index (χ1v) is 7.19. The highest BCUT2D eigenvalue weighted by Crippen LogP contribution is 2.35. The summed E-state index contributed by atoms with van der Waals surface area (Å²) >= 11 is 2.46. The summed E-state index contributed by atoms with van der Waals surface area (Å²) in [5.41, 5.74) is 0.201. The molecule has 0 N–H and O–H groups in total. The van der Waals surface area contributed by atoms with E-state index in [1.165, 1.54) is 38.5 Å². The molecular weight excluding hydrogens is 291 g/mol. The van der Waals surface area contributed by atoms with E-state index in [9.17, 15) is 0 Å². The maximum atomic E-state index is 6.09. The third-order valence-electron chi connectivity index (χ3n) is 3.36. The lowest BCUT2D eigenvalue weighted by molar-refractivity contribution is -0.0664. The van der Waals surface area contributed by atoms with Gasteiger partial charge in [0.1, 0.15) is 0 Å². The molecule has 1 saturated carbocycles. The highest BCUT2D eigenvalue weighted by Gasteiger charge is 2.34. The Balaban J connectivity index is 1.76. The van der Waals surface area contributed by atoms with Crippen molar-refractivity contribution in [1.82, 2.24) is 0 Å². The SMILES string of the molecule is ICC1(OCC2CCCO2)CCCC1. The van der Waals surface area contributed by atoms with Crippen LogP contribution >= 0.6 is 22.6 Å². The second kappa shape index (κ2) is 5.12. The topological polar surface area (TPSA) is 18.5 Å². The molecule has 0 aromatic carbocycles. The molecule has 82 valence electrons. The number of halogens is 1. The zero-order valence-corrected chi connectivity index (χ0v) is 10.8. The van der Waals surface area contributed by atoms with Crippen molar-refractivity contribution in [2.24, 2.45) is 0 Å². The summed E-state index contributed by atoms with van der Waals surface area (Å²) in [5.74, 6) is 0. The Bertz CT molecular complexity index is 172. The Labute approximate surface area is 99.9 Å². The summed E-state index contributed by atoms with van der Waals surface area (Å²) in [6.07, 6.45) is 7.98. The van der Waals surface area contributed by atoms with E-state index in [0.717, 1.165) is 17.6 Å². The summed E-state index contributed by atoms with van der Waals surface area (Å²) in [6.45, 7) is 1.76. The van der Waals surface area contributed by atoms with Gasteiger partial charge in [-0.3, -0.25) is 0 Å². The monoisotopic (exact) mass is 310 g/mol. The van der Waals surface area contributed by atoms with Gasteiger partial charge in [0.15, 0.2) is 0 Å². The van der Waals surface area contributed by atoms with Crippen LogP contribution in [-0.4, -0.2) is 29.3 Å². The Hall–Kier alpha value is 0.650. The molecular formula is C11H19IO2. The quantitative estimate of drug-likeness (QED) is 0.587. The van der Waals surface area contributed by atoms with Crippen molar-refractivity contribution >= 4 is 22.6 Å². The molecule has 1 heterocycles. The minimum Gasteiger partial charge on any atom is -0.376 e. The van der Waals surface area contributed by atoms with Crippen LogP contribution in [0, 0.1) is 0 Å². The molecule has 1 aliphatic carbocycles. The third kappa shape index (κ3) is 2.61. The first-order chi connectivity index (χ1) is 6.85. The van der Waals surface area contributed by atoms with E-state index in [2.05, 4.69) is 22.6 Å². The van der Waals surface area contributed by atoms with Crippen LogP contribution in [0.1, 0.15) is 38.5 Å². The first-order valence-electron chi connectivity index (χ1n) is 5.66. The highest BCUT2D eigenvalue weighted by molar-refractivity contribution is 14.1. The van der Waals surface area contributed by atoms with Crippen LogP contribution in [0.25, 0.3) is 0 Å². The molecule has 2 rings (SSSR count). The Morgan fingerprint density at radius 2 is 2.07 bits per heavy atom. The molecule has 0 aromatic rings. The zero-order chi connectivity index (χ0) is 9.86. The standard InChI is InChI=1S/C11H19IO2/c12-9-11(5-1-2-6-11)14-8-10-4-3-7-13-10/h10H,1-9H2. The lowest BCUT2D eigenvalue weighted by Crippen LogP contribution is -2.34. The van der Waals surface area contributed by atoms with Gasteiger partial charge in [-0.1, -0.05) is 35.4 Å². The summed E-state index contributed by atoms with van der Waals surface area (Å²) in [4.78, 5) is 0. The van der Waals surface area contributed by atoms with E-state index in [1.54, 1.807) is 0 Å². The van der Waals surface area contributed by atoms with Gasteiger partial charge in [0.05, 0.1) is 18.3 Å². The zero-order valence-electron chi connectivity index (χ0n) is 8.64. The summed E-state index contributed by atoms with van der Waals surface area (Å²) in [5, 5.41) is 0. The Morgan fingerprint density at radius 3 is 2.64 bits per heavy atom. The molecule has 1 saturated heterocycles. The predicted octanol–water partition coefficient (Wildman–Crippen LogP) is 2.93. The van der Waals surface area contributed by atoms with Gasteiger partial charge < -0.3 is 9.47 Å². The van der Waals surface area contributed by atoms with Crippen molar-refractivity contribution in [3.05, 3.63) is 0 Å². The molecule has 1 aliphatic heterocycles. The van der Waals surface area contributed by atoms with Gasteiger partial charge >= 0.3 is 0 Å². The highest BCUT2D eigenvalue weighted by atomic mass is 127. The number of hydrogen-bond acceptors (Lipinski definition) is 2. The molecule has 2 fully saturated rings. The third-order valence-corrected chi connectivity index (χ3v) is 4.75. The molecule has 2 nitrogen and oxygen atoms in total. The van der Waals surface area contributed by atoms with Gasteiger partial charge in [-0.2, -0.15) is 0 Å². The van der Waals surface area contributed by atoms with E-state index in [1.807, 2.05) is 0 Å². The molecule has 14 heavy (non-hydrogen) atoms. The fourth-order valence-electron chi connectivity index (χ4n) is 2.38. The summed E-state index contributed by atoms with van der Waals surface area (Å²) in [6, 6.07) is 0. The minimum absolute atomic E-state index is 0.201. The van der Waals surface area contributed by atoms with Gasteiger partial charge in [0.2, 0.25) is 0 Å². The average Bonchev–Trinajstić information content (AvgIpc) is 2.87. The smallest absolute Gasteiger partial charge is 0.0809 e. The van der Waals surface area contributed by atoms with Gasteiger partial charge in [0.25, 0.3) is 0 Å². The molecule has 0 bridgehead atoms. The fraction of sp³-hybridized carbons (Fsp3) is 1.00. The first kappa shape index (κ1) is 11.1. The van der Waals surface area contributed by atoms with Crippen LogP contribution in [0.2, 0.25) is 0 Å². The second-order valence-corrected chi connectivity index (χ2v) is 5.23. The number of ether oxygens (including phenoxy) is 2. The summed E-state index contributed by atoms with van der Waals surface area (Å²) in [7, 11) is 0. The van der Waals surface area contributed by atoms with Crippen LogP contribution in [0.4, 0.5) is 0 Å². The molecule has 0 aromatic heterocycles. The van der Waals surface area contributed by atoms with Gasteiger partial charge in [-0.15, -0.1) is 0 Å². The lowest BCUT2D eigenvalue weighted by atomic mass is 10.1. The predicted molar refractivity (Wildman–Crippen MR) is 65.0 cm³/mol. The van der Waals surface area contributed by atoms with Crippen molar-refractivity contribution in [2.45, 2.75) is 50.2 Å². The van der Waals surface area contributed by atoms with Crippen molar-refractivity contribution in [2.75, 3.05) is 17.6 Å². The van der Waals surface area contributed by atoms with Gasteiger partial charge in [-0.25, -0.2) is 0 Å². The van der Waals surface area contributed by atoms with Crippen molar-refractivity contribution < 1.29 is 9.47 Å². The van der Waals surface area contributed by atoms with Crippen LogP contribution in [0.5, 0.6) is 0 Å². The lowest BCUT2D eigenvalue weighted by Gasteiger charge is -2.28. The molecule has 1 atom stereocenters. The molecule has 1 unspecified atom stereocenters. The average molecular weight is 310 g/mol. The Morgan fingerprint density at radius 1 is 1.29 bits per heavy atom. The largest absolute Gasteiger partial charge is 0.376 e. The minimum atomic E-state index is 0.201. The number of hydrogen-bond donors (Lipinski definition) is 0. The molecule has 3 heteroatoms. The number of rotatable bonds is 4. The maximum absolute atomic E-state index is 6.09. The normalized spacial score (nSPS) is 31.1. The molecule has 0 amide bonds. The Kier molecular flexibility index (Phi) is 4.08. The van der Waals surface area contributed by atoms with Crippen LogP contribution in [0.3, 0.4) is 0 Å². The molecule has 0 radical (unpaired) electrons. The van der Waals surface area contributed by atoms with Crippen molar-refractivity contribution in [3.8, 4) is 0 Å². The van der Waals surface area contributed by atoms with Crippen LogP contribution in [0.15, 0.2) is 0 Å². The summed E-state index contributed by atoms with van der Waals surface area (Å²) < 4.78 is 12.8. The van der Waals surface area contributed by atoms with E-state index in [0.29, 0.717) is 6.10 Å². The van der Waals surface area contributed by atoms with Gasteiger partial charge in [-0.05, 0) is 25.7 Å². The van der Waals surface area contributed by atoms with Crippen LogP contribution < -0.4 is 0 Å². The molecule has 2 aliphatic rings. The van der Waals surface area contributed by atoms with Crippen molar-refractivity contribution in [3.63, 3.8) is 0 Å². The van der Waals surface area contributed by atoms with E-state index in [-0.39, 0.29) is 5.60 Å². The van der Waals surface area contributed by atoms with Crippen LogP contribution in [-0.2, 0) is 9.47 Å². The van der Waals surface area contributed by atoms with E-state index in [4.69, 9.17) is 9.47 Å². The van der Waals surface area contributed by atoms with Gasteiger partial charge in [0, 0.05) is 11.0 Å². The maximum Gasteiger partial charge on any atom is 0.0809 e. The molecule has 0 spiro atoms. The second-order valence-electron chi connectivity index (χ2n) is 4.47. The fourth-order valence-corrected chi connectivity index (χ4v) is 3.36. The van der Waals surface area contributed by atoms with E-state index >= 15 is 0 Å². The number of alkyl halides is 1. The van der Waals surface area contributed by atoms with Crippen molar-refractivity contribution in [1.29, 1.82) is 0 Å². The van der Waals surface area contributed by atoms with E-state index < -0.39 is 0 Å².